The van der Waals surface area contributed by atoms with E-state index in [1.54, 1.807) is 11.8 Å². The number of hydrogen-bond acceptors (Lipinski definition) is 4. The van der Waals surface area contributed by atoms with E-state index in [0.29, 0.717) is 13.0 Å². The lowest BCUT2D eigenvalue weighted by molar-refractivity contribution is -0.145. The highest BCUT2D eigenvalue weighted by Crippen LogP contribution is 2.28. The van der Waals surface area contributed by atoms with Crippen molar-refractivity contribution in [3.05, 3.63) is 35.9 Å². The fourth-order valence-corrected chi connectivity index (χ4v) is 3.35. The largest absolute Gasteiger partial charge is 0.480 e. The molecule has 3 N–H and O–H groups in total. The van der Waals surface area contributed by atoms with E-state index < -0.39 is 11.5 Å². The van der Waals surface area contributed by atoms with E-state index in [1.165, 1.54) is 0 Å². The van der Waals surface area contributed by atoms with Gasteiger partial charge in [0, 0.05) is 6.61 Å². The molecule has 5 heteroatoms. The third-order valence-electron chi connectivity index (χ3n) is 3.45. The molecule has 0 saturated heterocycles. The topological polar surface area (TPSA) is 69.6 Å². The van der Waals surface area contributed by atoms with Crippen molar-refractivity contribution in [2.24, 2.45) is 5.92 Å². The molecule has 1 aromatic rings. The van der Waals surface area contributed by atoms with Gasteiger partial charge in [-0.2, -0.15) is 11.8 Å². The molecule has 1 aromatic carbocycles. The fraction of sp³-hybridized carbons (Fsp3) is 0.562. The molecule has 2 unspecified atom stereocenters. The fourth-order valence-electron chi connectivity index (χ4n) is 2.23. The maximum Gasteiger partial charge on any atom is 0.328 e. The van der Waals surface area contributed by atoms with Gasteiger partial charge in [-0.25, -0.2) is 4.79 Å². The molecular formula is C16H25NO3S. The first-order chi connectivity index (χ1) is 10.1. The van der Waals surface area contributed by atoms with Gasteiger partial charge >= 0.3 is 5.97 Å². The predicted octanol–water partition coefficient (Wildman–Crippen LogP) is 2.33. The van der Waals surface area contributed by atoms with Gasteiger partial charge in [-0.1, -0.05) is 44.2 Å². The van der Waals surface area contributed by atoms with Crippen molar-refractivity contribution in [2.45, 2.75) is 25.8 Å². The molecule has 0 saturated carbocycles. The first-order valence-corrected chi connectivity index (χ1v) is 8.44. The molecule has 0 radical (unpaired) electrons. The Kier molecular flexibility index (Phi) is 7.78. The van der Waals surface area contributed by atoms with Crippen LogP contribution in [0.1, 0.15) is 25.8 Å². The minimum absolute atomic E-state index is 0.170. The van der Waals surface area contributed by atoms with Crippen LogP contribution in [0.3, 0.4) is 0 Å². The molecule has 2 atom stereocenters. The molecule has 4 nitrogen and oxygen atoms in total. The summed E-state index contributed by atoms with van der Waals surface area (Å²) in [5, 5.41) is 21.9. The van der Waals surface area contributed by atoms with Gasteiger partial charge in [0.1, 0.15) is 5.54 Å². The lowest BCUT2D eigenvalue weighted by Crippen LogP contribution is -2.49. The number of nitrogens with one attached hydrogen (secondary N) is 1. The summed E-state index contributed by atoms with van der Waals surface area (Å²) < 4.78 is 0. The van der Waals surface area contributed by atoms with Crippen LogP contribution in [-0.2, 0) is 10.3 Å². The summed E-state index contributed by atoms with van der Waals surface area (Å²) in [6.45, 7) is 4.67. The van der Waals surface area contributed by atoms with Crippen LogP contribution in [0.2, 0.25) is 0 Å². The van der Waals surface area contributed by atoms with Crippen molar-refractivity contribution in [1.29, 1.82) is 0 Å². The maximum atomic E-state index is 11.9. The maximum absolute atomic E-state index is 11.9. The van der Waals surface area contributed by atoms with E-state index in [4.69, 9.17) is 5.11 Å². The van der Waals surface area contributed by atoms with Crippen molar-refractivity contribution >= 4 is 17.7 Å². The van der Waals surface area contributed by atoms with E-state index in [0.717, 1.165) is 17.1 Å². The zero-order valence-corrected chi connectivity index (χ0v) is 13.5. The average molecular weight is 311 g/mol. The van der Waals surface area contributed by atoms with Gasteiger partial charge in [-0.05, 0) is 36.0 Å². The standard InChI is InChI=1S/C16H25NO3S/c1-3-17-16(15(19)20,14-7-5-4-6-8-14)9-10-21-12-13(2)11-18/h4-8,13,17-18H,3,9-12H2,1-2H3,(H,19,20). The van der Waals surface area contributed by atoms with Crippen molar-refractivity contribution < 1.29 is 15.0 Å². The number of carboxylic acid groups (broad SMARTS) is 1. The number of thioether (sulfide) groups is 1. The van der Waals surface area contributed by atoms with Gasteiger partial charge in [0.15, 0.2) is 0 Å². The van der Waals surface area contributed by atoms with E-state index in [9.17, 15) is 9.90 Å². The SMILES string of the molecule is CCNC(CCSCC(C)CO)(C(=O)O)c1ccccc1. The Balaban J connectivity index is 2.80. The Morgan fingerprint density at radius 2 is 2.05 bits per heavy atom. The molecule has 0 heterocycles. The zero-order valence-electron chi connectivity index (χ0n) is 12.7. The highest BCUT2D eigenvalue weighted by atomic mass is 32.2. The van der Waals surface area contributed by atoms with Crippen molar-refractivity contribution in [1.82, 2.24) is 5.32 Å². The van der Waals surface area contributed by atoms with Crippen LogP contribution in [-0.4, -0.2) is 40.8 Å². The second-order valence-corrected chi connectivity index (χ2v) is 6.37. The first kappa shape index (κ1) is 18.0. The van der Waals surface area contributed by atoms with Gasteiger partial charge in [0.05, 0.1) is 0 Å². The molecule has 0 aliphatic rings. The zero-order chi connectivity index (χ0) is 15.7. The molecule has 0 fully saturated rings. The molecule has 21 heavy (non-hydrogen) atoms. The van der Waals surface area contributed by atoms with Crippen LogP contribution in [0.15, 0.2) is 30.3 Å². The number of aliphatic hydroxyl groups is 1. The van der Waals surface area contributed by atoms with Crippen LogP contribution in [0.4, 0.5) is 0 Å². The minimum Gasteiger partial charge on any atom is -0.480 e. The van der Waals surface area contributed by atoms with Crippen molar-refractivity contribution in [3.63, 3.8) is 0 Å². The molecule has 0 amide bonds. The Labute approximate surface area is 131 Å². The first-order valence-electron chi connectivity index (χ1n) is 7.29. The second-order valence-electron chi connectivity index (χ2n) is 5.22. The van der Waals surface area contributed by atoms with Crippen molar-refractivity contribution in [3.8, 4) is 0 Å². The van der Waals surface area contributed by atoms with Crippen molar-refractivity contribution in [2.75, 3.05) is 24.7 Å². The quantitative estimate of drug-likeness (QED) is 0.579. The Morgan fingerprint density at radius 3 is 2.57 bits per heavy atom. The van der Waals surface area contributed by atoms with Gasteiger partial charge in [-0.15, -0.1) is 0 Å². The molecule has 0 bridgehead atoms. The Bertz CT molecular complexity index is 427. The molecule has 118 valence electrons. The molecule has 0 spiro atoms. The van der Waals surface area contributed by atoms with E-state index in [1.807, 2.05) is 44.2 Å². The number of rotatable bonds is 10. The van der Waals surface area contributed by atoms with E-state index in [-0.39, 0.29) is 12.5 Å². The van der Waals surface area contributed by atoms with E-state index in [2.05, 4.69) is 5.32 Å². The predicted molar refractivity (Wildman–Crippen MR) is 87.6 cm³/mol. The third-order valence-corrected chi connectivity index (χ3v) is 4.74. The monoisotopic (exact) mass is 311 g/mol. The number of carboxylic acids is 1. The number of aliphatic carboxylic acids is 1. The lowest BCUT2D eigenvalue weighted by Gasteiger charge is -2.31. The lowest BCUT2D eigenvalue weighted by atomic mass is 9.87. The van der Waals surface area contributed by atoms with Crippen LogP contribution < -0.4 is 5.32 Å². The smallest absolute Gasteiger partial charge is 0.328 e. The second kappa shape index (κ2) is 9.07. The summed E-state index contributed by atoms with van der Waals surface area (Å²) in [4.78, 5) is 11.9. The number of likely N-dealkylation sites (N-methyl/N-ethyl adjacent to an activating group) is 1. The van der Waals surface area contributed by atoms with Gasteiger partial charge < -0.3 is 10.2 Å². The number of benzene rings is 1. The normalized spacial score (nSPS) is 15.4. The molecule has 1 rings (SSSR count). The highest BCUT2D eigenvalue weighted by Gasteiger charge is 2.38. The highest BCUT2D eigenvalue weighted by molar-refractivity contribution is 7.99. The number of carbonyl (C=O) groups is 1. The van der Waals surface area contributed by atoms with Crippen LogP contribution in [0, 0.1) is 5.92 Å². The van der Waals surface area contributed by atoms with Crippen LogP contribution >= 0.6 is 11.8 Å². The number of hydrogen-bond donors (Lipinski definition) is 3. The average Bonchev–Trinajstić information content (AvgIpc) is 2.50. The molecular weight excluding hydrogens is 286 g/mol. The summed E-state index contributed by atoms with van der Waals surface area (Å²) in [5.41, 5.74) is -0.249. The van der Waals surface area contributed by atoms with E-state index >= 15 is 0 Å². The van der Waals surface area contributed by atoms with Gasteiger partial charge in [0.25, 0.3) is 0 Å². The number of aliphatic hydroxyl groups excluding tert-OH is 1. The Morgan fingerprint density at radius 1 is 1.38 bits per heavy atom. The summed E-state index contributed by atoms with van der Waals surface area (Å²) in [6.07, 6.45) is 0.517. The molecule has 0 aliphatic heterocycles. The summed E-state index contributed by atoms with van der Waals surface area (Å²) in [6, 6.07) is 9.34. The molecule has 0 aliphatic carbocycles. The van der Waals surface area contributed by atoms with Gasteiger partial charge in [-0.3, -0.25) is 5.32 Å². The summed E-state index contributed by atoms with van der Waals surface area (Å²) >= 11 is 1.69. The summed E-state index contributed by atoms with van der Waals surface area (Å²) in [5.74, 6) is 0.975. The van der Waals surface area contributed by atoms with Crippen LogP contribution in [0.5, 0.6) is 0 Å². The minimum atomic E-state index is -1.04. The third kappa shape index (κ3) is 5.02. The summed E-state index contributed by atoms with van der Waals surface area (Å²) in [7, 11) is 0. The molecule has 0 aromatic heterocycles. The Hall–Kier alpha value is -1.04. The van der Waals surface area contributed by atoms with Gasteiger partial charge in [0.2, 0.25) is 0 Å². The van der Waals surface area contributed by atoms with Crippen LogP contribution in [0.25, 0.3) is 0 Å².